The van der Waals surface area contributed by atoms with Gasteiger partial charge < -0.3 is 10.2 Å². The Balaban J connectivity index is 1.63. The van der Waals surface area contributed by atoms with Crippen molar-refractivity contribution >= 4 is 17.2 Å². The van der Waals surface area contributed by atoms with E-state index in [1.54, 1.807) is 22.3 Å². The van der Waals surface area contributed by atoms with E-state index in [9.17, 15) is 4.79 Å². The summed E-state index contributed by atoms with van der Waals surface area (Å²) in [5.41, 5.74) is 0. The molecule has 1 aliphatic heterocycles. The number of piperazine rings is 1. The third kappa shape index (κ3) is 4.00. The lowest BCUT2D eigenvalue weighted by molar-refractivity contribution is -0.124. The van der Waals surface area contributed by atoms with Crippen molar-refractivity contribution in [1.82, 2.24) is 29.9 Å². The van der Waals surface area contributed by atoms with Gasteiger partial charge >= 0.3 is 0 Å². The Morgan fingerprint density at radius 2 is 2.17 bits per heavy atom. The second kappa shape index (κ2) is 7.87. The Bertz CT molecular complexity index is 621. The van der Waals surface area contributed by atoms with Crippen LogP contribution in [0, 0.1) is 0 Å². The molecule has 2 unspecified atom stereocenters. The molecule has 0 aliphatic carbocycles. The van der Waals surface area contributed by atoms with E-state index >= 15 is 0 Å². The zero-order valence-corrected chi connectivity index (χ0v) is 14.9. The lowest BCUT2D eigenvalue weighted by atomic mass is 10.1. The highest BCUT2D eigenvalue weighted by atomic mass is 32.1. The topological polar surface area (TPSA) is 66.3 Å². The maximum atomic E-state index is 12.4. The van der Waals surface area contributed by atoms with Gasteiger partial charge in [-0.1, -0.05) is 6.07 Å². The summed E-state index contributed by atoms with van der Waals surface area (Å²) in [5, 5.41) is 9.23. The molecule has 1 aliphatic rings. The predicted octanol–water partition coefficient (Wildman–Crippen LogP) is 1.01. The average Bonchev–Trinajstić information content (AvgIpc) is 3.29. The van der Waals surface area contributed by atoms with E-state index in [0.29, 0.717) is 6.54 Å². The first-order chi connectivity index (χ1) is 11.6. The number of thiophene rings is 1. The monoisotopic (exact) mass is 348 g/mol. The third-order valence-corrected chi connectivity index (χ3v) is 5.51. The molecule has 8 heteroatoms. The first-order valence-electron chi connectivity index (χ1n) is 8.23. The number of carbonyl (C=O) groups is 1. The molecule has 2 aromatic rings. The van der Waals surface area contributed by atoms with Crippen molar-refractivity contribution in [1.29, 1.82) is 0 Å². The van der Waals surface area contributed by atoms with Crippen molar-refractivity contribution < 1.29 is 4.79 Å². The van der Waals surface area contributed by atoms with Crippen LogP contribution in [0.15, 0.2) is 30.2 Å². The van der Waals surface area contributed by atoms with Gasteiger partial charge in [0.25, 0.3) is 0 Å². The van der Waals surface area contributed by atoms with Gasteiger partial charge in [0, 0.05) is 37.6 Å². The molecule has 0 spiro atoms. The van der Waals surface area contributed by atoms with Crippen LogP contribution in [0.3, 0.4) is 0 Å². The molecular formula is C16H24N6OS. The summed E-state index contributed by atoms with van der Waals surface area (Å²) < 4.78 is 1.57. The summed E-state index contributed by atoms with van der Waals surface area (Å²) in [7, 11) is 2.15. The van der Waals surface area contributed by atoms with Crippen LogP contribution in [0.5, 0.6) is 0 Å². The Morgan fingerprint density at radius 1 is 1.38 bits per heavy atom. The molecule has 0 radical (unpaired) electrons. The smallest absolute Gasteiger partial charge is 0.244 e. The normalized spacial score (nSPS) is 19.1. The third-order valence-electron chi connectivity index (χ3n) is 4.53. The summed E-state index contributed by atoms with van der Waals surface area (Å²) >= 11 is 1.75. The molecule has 3 rings (SSSR count). The van der Waals surface area contributed by atoms with Crippen LogP contribution in [0.2, 0.25) is 0 Å². The number of hydrogen-bond donors (Lipinski definition) is 1. The molecule has 1 fully saturated rings. The minimum Gasteiger partial charge on any atom is -0.352 e. The first-order valence-corrected chi connectivity index (χ1v) is 9.11. The van der Waals surface area contributed by atoms with Gasteiger partial charge in [-0.3, -0.25) is 9.69 Å². The number of carbonyl (C=O) groups excluding carboxylic acids is 1. The molecule has 3 heterocycles. The number of amides is 1. The van der Waals surface area contributed by atoms with Crippen LogP contribution in [0.4, 0.5) is 0 Å². The molecule has 1 saturated heterocycles. The molecule has 1 amide bonds. The van der Waals surface area contributed by atoms with Crippen molar-refractivity contribution in [2.75, 3.05) is 39.8 Å². The zero-order chi connectivity index (χ0) is 16.9. The van der Waals surface area contributed by atoms with E-state index in [1.165, 1.54) is 11.2 Å². The van der Waals surface area contributed by atoms with E-state index in [1.807, 2.05) is 6.92 Å². The number of rotatable bonds is 6. The highest BCUT2D eigenvalue weighted by molar-refractivity contribution is 7.10. The van der Waals surface area contributed by atoms with E-state index in [2.05, 4.69) is 49.8 Å². The Labute approximate surface area is 146 Å². The van der Waals surface area contributed by atoms with Crippen LogP contribution in [0.1, 0.15) is 23.9 Å². The molecule has 24 heavy (non-hydrogen) atoms. The van der Waals surface area contributed by atoms with Crippen LogP contribution >= 0.6 is 11.3 Å². The predicted molar refractivity (Wildman–Crippen MR) is 93.9 cm³/mol. The molecule has 0 aromatic carbocycles. The summed E-state index contributed by atoms with van der Waals surface area (Å²) in [6.07, 6.45) is 3.02. The molecule has 130 valence electrons. The molecular weight excluding hydrogens is 324 g/mol. The molecule has 7 nitrogen and oxygen atoms in total. The quantitative estimate of drug-likeness (QED) is 0.844. The molecule has 2 aromatic heterocycles. The Morgan fingerprint density at radius 3 is 2.79 bits per heavy atom. The maximum Gasteiger partial charge on any atom is 0.244 e. The average molecular weight is 348 g/mol. The van der Waals surface area contributed by atoms with Crippen LogP contribution in [-0.4, -0.2) is 70.2 Å². The fourth-order valence-corrected chi connectivity index (χ4v) is 3.77. The number of nitrogens with zero attached hydrogens (tertiary/aromatic N) is 5. The highest BCUT2D eigenvalue weighted by Crippen LogP contribution is 2.25. The van der Waals surface area contributed by atoms with Gasteiger partial charge in [0.2, 0.25) is 5.91 Å². The van der Waals surface area contributed by atoms with Crippen LogP contribution < -0.4 is 5.32 Å². The van der Waals surface area contributed by atoms with E-state index < -0.39 is 0 Å². The lowest BCUT2D eigenvalue weighted by Gasteiger charge is -2.37. The Hall–Kier alpha value is -1.77. The van der Waals surface area contributed by atoms with Crippen molar-refractivity contribution in [2.24, 2.45) is 0 Å². The van der Waals surface area contributed by atoms with Gasteiger partial charge in [0.15, 0.2) is 0 Å². The minimum atomic E-state index is -0.357. The van der Waals surface area contributed by atoms with Gasteiger partial charge in [0.05, 0.1) is 6.04 Å². The first kappa shape index (κ1) is 17.1. The second-order valence-electron chi connectivity index (χ2n) is 6.17. The Kier molecular flexibility index (Phi) is 5.60. The molecule has 0 bridgehead atoms. The second-order valence-corrected chi connectivity index (χ2v) is 7.15. The van der Waals surface area contributed by atoms with Crippen LogP contribution in [-0.2, 0) is 4.79 Å². The van der Waals surface area contributed by atoms with E-state index in [-0.39, 0.29) is 18.0 Å². The van der Waals surface area contributed by atoms with Gasteiger partial charge in [-0.15, -0.1) is 11.3 Å². The fourth-order valence-electron chi connectivity index (χ4n) is 2.91. The molecule has 1 N–H and O–H groups in total. The lowest BCUT2D eigenvalue weighted by Crippen LogP contribution is -2.48. The van der Waals surface area contributed by atoms with Crippen molar-refractivity contribution in [3.8, 4) is 0 Å². The number of likely N-dealkylation sites (N-methyl/N-ethyl adjacent to an activating group) is 1. The van der Waals surface area contributed by atoms with E-state index in [0.717, 1.165) is 26.2 Å². The van der Waals surface area contributed by atoms with Crippen molar-refractivity contribution in [2.45, 2.75) is 19.0 Å². The van der Waals surface area contributed by atoms with Gasteiger partial charge in [-0.2, -0.15) is 5.10 Å². The minimum absolute atomic E-state index is 0.0313. The zero-order valence-electron chi connectivity index (χ0n) is 14.1. The van der Waals surface area contributed by atoms with Gasteiger partial charge in [0.1, 0.15) is 18.7 Å². The van der Waals surface area contributed by atoms with Crippen molar-refractivity contribution in [3.63, 3.8) is 0 Å². The number of aromatic nitrogens is 3. The summed E-state index contributed by atoms with van der Waals surface area (Å²) in [4.78, 5) is 22.4. The standard InChI is InChI=1S/C16H24N6OS/c1-13(22-12-17-11-19-22)16(23)18-10-14(15-4-3-9-24-15)21-7-5-20(2)6-8-21/h3-4,9,11-14H,5-8,10H2,1-2H3,(H,18,23). The van der Waals surface area contributed by atoms with Crippen LogP contribution in [0.25, 0.3) is 0 Å². The SMILES string of the molecule is CC(C(=O)NCC(c1cccs1)N1CCN(C)CC1)n1cncn1. The summed E-state index contributed by atoms with van der Waals surface area (Å²) in [6, 6.07) is 4.10. The van der Waals surface area contributed by atoms with Gasteiger partial charge in [-0.05, 0) is 25.4 Å². The highest BCUT2D eigenvalue weighted by Gasteiger charge is 2.26. The summed E-state index contributed by atoms with van der Waals surface area (Å²) in [5.74, 6) is -0.0313. The summed E-state index contributed by atoms with van der Waals surface area (Å²) in [6.45, 7) is 6.61. The number of nitrogens with one attached hydrogen (secondary N) is 1. The largest absolute Gasteiger partial charge is 0.352 e. The van der Waals surface area contributed by atoms with E-state index in [4.69, 9.17) is 0 Å². The maximum absolute atomic E-state index is 12.4. The fraction of sp³-hybridized carbons (Fsp3) is 0.562. The molecule has 2 atom stereocenters. The van der Waals surface area contributed by atoms with Crippen molar-refractivity contribution in [3.05, 3.63) is 35.0 Å². The van der Waals surface area contributed by atoms with Gasteiger partial charge in [-0.25, -0.2) is 9.67 Å². The number of hydrogen-bond acceptors (Lipinski definition) is 6. The molecule has 0 saturated carbocycles.